The molecule has 2 aliphatic rings. The van der Waals surface area contributed by atoms with E-state index in [1.54, 1.807) is 4.90 Å². The first-order valence-electron chi connectivity index (χ1n) is 15.0. The Labute approximate surface area is 268 Å². The van der Waals surface area contributed by atoms with Crippen molar-refractivity contribution in [2.45, 2.75) is 58.5 Å². The number of piperazine rings is 1. The van der Waals surface area contributed by atoms with Crippen molar-refractivity contribution < 1.29 is 23.4 Å². The lowest BCUT2D eigenvalue weighted by atomic mass is 9.98. The van der Waals surface area contributed by atoms with Crippen molar-refractivity contribution >= 4 is 34.2 Å². The van der Waals surface area contributed by atoms with Gasteiger partial charge in [0, 0.05) is 24.7 Å². The van der Waals surface area contributed by atoms with Gasteiger partial charge in [0.1, 0.15) is 35.8 Å². The topological polar surface area (TPSA) is 114 Å². The molecule has 46 heavy (non-hydrogen) atoms. The van der Waals surface area contributed by atoms with Crippen LogP contribution in [0.5, 0.6) is 11.5 Å². The van der Waals surface area contributed by atoms with Crippen LogP contribution in [0.2, 0.25) is 5.02 Å². The summed E-state index contributed by atoms with van der Waals surface area (Å²) >= 11 is 6.91. The number of aromatic nitrogens is 4. The minimum atomic E-state index is -1.06. The van der Waals surface area contributed by atoms with Gasteiger partial charge >= 0.3 is 5.69 Å². The molecule has 0 saturated carbocycles. The maximum Gasteiger partial charge on any atom is 0.354 e. The van der Waals surface area contributed by atoms with E-state index in [-0.39, 0.29) is 76.7 Å². The van der Waals surface area contributed by atoms with E-state index in [4.69, 9.17) is 16.3 Å². The SMILES string of the molecule is C=CC(=O)N1CC(C)N2c3nc(=O)n(-c4c(C(C)C)ncnc4C(C)C)c4c(F)c(-c5c(O)cccc5F)c(Cl)c(c34)OCC2C1. The zero-order valence-electron chi connectivity index (χ0n) is 26.0. The lowest BCUT2D eigenvalue weighted by Gasteiger charge is -2.45. The van der Waals surface area contributed by atoms with Gasteiger partial charge in [0.15, 0.2) is 11.6 Å². The van der Waals surface area contributed by atoms with Crippen molar-refractivity contribution in [1.82, 2.24) is 24.4 Å². The van der Waals surface area contributed by atoms with Crippen LogP contribution < -0.4 is 15.3 Å². The van der Waals surface area contributed by atoms with Crippen LogP contribution in [0.3, 0.4) is 0 Å². The van der Waals surface area contributed by atoms with Crippen LogP contribution in [0.15, 0.2) is 42.0 Å². The van der Waals surface area contributed by atoms with Crippen molar-refractivity contribution in [3.8, 4) is 28.3 Å². The zero-order valence-corrected chi connectivity index (χ0v) is 26.8. The number of aromatic hydroxyl groups is 1. The highest BCUT2D eigenvalue weighted by Crippen LogP contribution is 2.51. The quantitative estimate of drug-likeness (QED) is 0.273. The van der Waals surface area contributed by atoms with E-state index in [1.807, 2.05) is 39.5 Å². The van der Waals surface area contributed by atoms with E-state index in [1.165, 1.54) is 24.5 Å². The maximum absolute atomic E-state index is 17.4. The van der Waals surface area contributed by atoms with E-state index < -0.39 is 40.2 Å². The van der Waals surface area contributed by atoms with Crippen molar-refractivity contribution in [3.05, 3.63) is 75.7 Å². The van der Waals surface area contributed by atoms with Crippen LogP contribution in [0.4, 0.5) is 14.6 Å². The molecule has 240 valence electrons. The van der Waals surface area contributed by atoms with Crippen LogP contribution >= 0.6 is 11.6 Å². The molecule has 1 N–H and O–H groups in total. The fourth-order valence-electron chi connectivity index (χ4n) is 6.54. The molecule has 0 bridgehead atoms. The van der Waals surface area contributed by atoms with Gasteiger partial charge in [-0.05, 0) is 37.0 Å². The van der Waals surface area contributed by atoms with Gasteiger partial charge in [0.05, 0.1) is 39.1 Å². The standard InChI is InChI=1S/C33H33ClF2N6O4/c1-7-21(44)40-11-17(6)41-18(12-40)13-46-31-24-29(26(36)23(25(31)34)22-19(35)9-8-10-20(22)43)42(33(45)39-32(24)41)30-27(15(2)3)37-14-38-28(30)16(4)5/h7-10,14-18,43H,1,11-13H2,2-6H3. The molecule has 1 saturated heterocycles. The zero-order chi connectivity index (χ0) is 33.2. The van der Waals surface area contributed by atoms with E-state index >= 15 is 8.78 Å². The highest BCUT2D eigenvalue weighted by atomic mass is 35.5. The number of hydrogen-bond donors (Lipinski definition) is 1. The number of anilines is 1. The summed E-state index contributed by atoms with van der Waals surface area (Å²) in [5.74, 6) is -3.16. The number of amides is 1. The summed E-state index contributed by atoms with van der Waals surface area (Å²) in [7, 11) is 0. The Kier molecular flexibility index (Phi) is 7.95. The molecule has 0 radical (unpaired) electrons. The largest absolute Gasteiger partial charge is 0.507 e. The Bertz CT molecular complexity index is 1930. The van der Waals surface area contributed by atoms with E-state index in [0.717, 1.165) is 10.6 Å². The summed E-state index contributed by atoms with van der Waals surface area (Å²) in [4.78, 5) is 43.9. The fraction of sp³-hybridized carbons (Fsp3) is 0.364. The number of nitrogens with zero attached hydrogens (tertiary/aromatic N) is 6. The van der Waals surface area contributed by atoms with Crippen LogP contribution in [-0.2, 0) is 4.79 Å². The summed E-state index contributed by atoms with van der Waals surface area (Å²) in [6.07, 6.45) is 2.63. The summed E-state index contributed by atoms with van der Waals surface area (Å²) in [5, 5.41) is 10.6. The van der Waals surface area contributed by atoms with E-state index in [9.17, 15) is 14.7 Å². The van der Waals surface area contributed by atoms with Crippen LogP contribution in [0.1, 0.15) is 57.8 Å². The number of carbonyl (C=O) groups is 1. The predicted molar refractivity (Wildman–Crippen MR) is 171 cm³/mol. The molecule has 2 aromatic carbocycles. The molecule has 0 spiro atoms. The average Bonchev–Trinajstić information content (AvgIpc) is 3.17. The van der Waals surface area contributed by atoms with Crippen LogP contribution in [0, 0.1) is 11.6 Å². The second-order valence-corrected chi connectivity index (χ2v) is 12.6. The first-order chi connectivity index (χ1) is 21.9. The van der Waals surface area contributed by atoms with E-state index in [0.29, 0.717) is 11.4 Å². The van der Waals surface area contributed by atoms with Crippen molar-refractivity contribution in [2.24, 2.45) is 0 Å². The lowest BCUT2D eigenvalue weighted by molar-refractivity contribution is -0.127. The molecular weight excluding hydrogens is 618 g/mol. The lowest BCUT2D eigenvalue weighted by Crippen LogP contribution is -2.61. The first-order valence-corrected chi connectivity index (χ1v) is 15.4. The average molecular weight is 651 g/mol. The molecule has 1 amide bonds. The molecule has 2 atom stereocenters. The molecule has 13 heteroatoms. The Hall–Kier alpha value is -4.58. The second kappa shape index (κ2) is 11.7. The fourth-order valence-corrected chi connectivity index (χ4v) is 6.87. The number of fused-ring (bicyclic) bond motifs is 2. The molecule has 4 aromatic rings. The van der Waals surface area contributed by atoms with Gasteiger partial charge in [-0.3, -0.25) is 9.36 Å². The number of halogens is 3. The molecule has 6 rings (SSSR count). The third-order valence-corrected chi connectivity index (χ3v) is 8.88. The third-order valence-electron chi connectivity index (χ3n) is 8.52. The van der Waals surface area contributed by atoms with Crippen LogP contribution in [-0.4, -0.2) is 67.2 Å². The number of ether oxygens (including phenoxy) is 1. The Balaban J connectivity index is 1.80. The van der Waals surface area contributed by atoms with Crippen LogP contribution in [0.25, 0.3) is 27.7 Å². The van der Waals surface area contributed by atoms with Crippen molar-refractivity contribution in [2.75, 3.05) is 24.6 Å². The van der Waals surface area contributed by atoms with Gasteiger partial charge in [0.2, 0.25) is 5.91 Å². The first kappa shape index (κ1) is 31.4. The van der Waals surface area contributed by atoms with E-state index in [2.05, 4.69) is 21.5 Å². The Morgan fingerprint density at radius 1 is 1.13 bits per heavy atom. The Morgan fingerprint density at radius 2 is 1.80 bits per heavy atom. The smallest absolute Gasteiger partial charge is 0.354 e. The number of phenols is 1. The van der Waals surface area contributed by atoms with Gasteiger partial charge in [-0.15, -0.1) is 0 Å². The summed E-state index contributed by atoms with van der Waals surface area (Å²) in [5.41, 5.74) is -0.863. The third kappa shape index (κ3) is 4.77. The number of benzene rings is 2. The van der Waals surface area contributed by atoms with Crippen molar-refractivity contribution in [1.29, 1.82) is 0 Å². The predicted octanol–water partition coefficient (Wildman–Crippen LogP) is 5.71. The molecule has 4 heterocycles. The van der Waals surface area contributed by atoms with Gasteiger partial charge < -0.3 is 19.6 Å². The molecule has 2 aromatic heterocycles. The minimum absolute atomic E-state index is 0.0259. The van der Waals surface area contributed by atoms with Gasteiger partial charge in [-0.25, -0.2) is 23.5 Å². The number of phenolic OH excluding ortho intramolecular Hbond substituents is 1. The van der Waals surface area contributed by atoms with Gasteiger partial charge in [-0.2, -0.15) is 4.98 Å². The highest BCUT2D eigenvalue weighted by molar-refractivity contribution is 6.36. The summed E-state index contributed by atoms with van der Waals surface area (Å²) in [6.45, 7) is 13.5. The number of carbonyl (C=O) groups excluding carboxylic acids is 1. The number of rotatable bonds is 5. The van der Waals surface area contributed by atoms with Gasteiger partial charge in [-0.1, -0.05) is 51.9 Å². The Morgan fingerprint density at radius 3 is 2.41 bits per heavy atom. The monoisotopic (exact) mass is 650 g/mol. The molecule has 1 fully saturated rings. The molecule has 2 aliphatic heterocycles. The molecular formula is C33H33ClF2N6O4. The molecule has 10 nitrogen and oxygen atoms in total. The maximum atomic E-state index is 17.4. The normalized spacial score (nSPS) is 17.7. The van der Waals surface area contributed by atoms with Crippen molar-refractivity contribution in [3.63, 3.8) is 0 Å². The number of hydrogen-bond acceptors (Lipinski definition) is 8. The minimum Gasteiger partial charge on any atom is -0.507 e. The second-order valence-electron chi connectivity index (χ2n) is 12.2. The highest BCUT2D eigenvalue weighted by Gasteiger charge is 2.41. The summed E-state index contributed by atoms with van der Waals surface area (Å²) in [6, 6.07) is 2.69. The van der Waals surface area contributed by atoms with Gasteiger partial charge in [0.25, 0.3) is 0 Å². The molecule has 0 aliphatic carbocycles. The molecule has 2 unspecified atom stereocenters. The summed E-state index contributed by atoms with van der Waals surface area (Å²) < 4.78 is 40.3.